The topological polar surface area (TPSA) is 42.0 Å². The summed E-state index contributed by atoms with van der Waals surface area (Å²) >= 11 is 1.78. The zero-order valence-corrected chi connectivity index (χ0v) is 12.6. The molecule has 1 aromatic heterocycles. The van der Waals surface area contributed by atoms with Gasteiger partial charge in [0, 0.05) is 12.1 Å². The Morgan fingerprint density at radius 2 is 2.10 bits per heavy atom. The van der Waals surface area contributed by atoms with E-state index >= 15 is 0 Å². The maximum absolute atomic E-state index is 11.3. The summed E-state index contributed by atoms with van der Waals surface area (Å²) in [7, 11) is 0. The van der Waals surface area contributed by atoms with E-state index in [1.165, 1.54) is 9.71 Å². The van der Waals surface area contributed by atoms with Crippen molar-refractivity contribution in [3.8, 4) is 0 Å². The summed E-state index contributed by atoms with van der Waals surface area (Å²) in [5.41, 5.74) is 1.67. The number of nitrogens with one attached hydrogen (secondary N) is 1. The van der Waals surface area contributed by atoms with Gasteiger partial charge in [0.05, 0.1) is 15.2 Å². The Morgan fingerprint density at radius 1 is 1.30 bits per heavy atom. The lowest BCUT2D eigenvalue weighted by atomic mass is 10.2. The summed E-state index contributed by atoms with van der Waals surface area (Å²) in [4.78, 5) is 15.9. The van der Waals surface area contributed by atoms with Crippen molar-refractivity contribution in [2.24, 2.45) is 0 Å². The molecule has 0 radical (unpaired) electrons. The Kier molecular flexibility index (Phi) is 5.30. The molecule has 4 heteroatoms. The molecule has 0 aliphatic heterocycles. The van der Waals surface area contributed by atoms with E-state index in [0.29, 0.717) is 5.57 Å². The van der Waals surface area contributed by atoms with Crippen LogP contribution in [0, 0.1) is 0 Å². The van der Waals surface area contributed by atoms with Crippen molar-refractivity contribution in [2.45, 2.75) is 32.6 Å². The molecule has 0 aliphatic carbocycles. The van der Waals surface area contributed by atoms with E-state index in [1.807, 2.05) is 6.07 Å². The highest BCUT2D eigenvalue weighted by molar-refractivity contribution is 7.18. The second kappa shape index (κ2) is 7.20. The summed E-state index contributed by atoms with van der Waals surface area (Å²) in [6.45, 7) is 6.06. The number of aryl methyl sites for hydroxylation is 1. The maximum atomic E-state index is 11.3. The van der Waals surface area contributed by atoms with Gasteiger partial charge >= 0.3 is 0 Å². The lowest BCUT2D eigenvalue weighted by Crippen LogP contribution is -2.24. The first-order chi connectivity index (χ1) is 9.66. The number of carbonyl (C=O) groups is 1. The van der Waals surface area contributed by atoms with Gasteiger partial charge in [0.15, 0.2) is 0 Å². The van der Waals surface area contributed by atoms with Gasteiger partial charge in [-0.15, -0.1) is 11.3 Å². The standard InChI is InChI=1S/C16H20N2OS/c1-12(2)16(19)17-11-7-3-4-10-15-18-13-8-5-6-9-14(13)20-15/h5-6,8-9H,1,3-4,7,10-11H2,2H3,(H,17,19). The van der Waals surface area contributed by atoms with Gasteiger partial charge in [-0.25, -0.2) is 4.98 Å². The molecule has 0 atom stereocenters. The van der Waals surface area contributed by atoms with Crippen LogP contribution in [0.2, 0.25) is 0 Å². The van der Waals surface area contributed by atoms with E-state index in [4.69, 9.17) is 0 Å². The SMILES string of the molecule is C=C(C)C(=O)NCCCCCc1nc2ccccc2s1. The molecule has 2 rings (SSSR count). The van der Waals surface area contributed by atoms with E-state index in [0.717, 1.165) is 37.7 Å². The van der Waals surface area contributed by atoms with Gasteiger partial charge in [-0.3, -0.25) is 4.79 Å². The van der Waals surface area contributed by atoms with Gasteiger partial charge in [0.2, 0.25) is 5.91 Å². The van der Waals surface area contributed by atoms with Gasteiger partial charge in [-0.1, -0.05) is 25.1 Å². The largest absolute Gasteiger partial charge is 0.352 e. The average molecular weight is 288 g/mol. The monoisotopic (exact) mass is 288 g/mol. The van der Waals surface area contributed by atoms with Crippen LogP contribution in [0.4, 0.5) is 0 Å². The molecule has 1 heterocycles. The maximum Gasteiger partial charge on any atom is 0.246 e. The predicted molar refractivity (Wildman–Crippen MR) is 85.0 cm³/mol. The van der Waals surface area contributed by atoms with E-state index in [2.05, 4.69) is 35.1 Å². The number of amides is 1. The zero-order chi connectivity index (χ0) is 14.4. The highest BCUT2D eigenvalue weighted by Gasteiger charge is 2.03. The third kappa shape index (κ3) is 4.17. The van der Waals surface area contributed by atoms with E-state index in [1.54, 1.807) is 18.3 Å². The molecular formula is C16H20N2OS. The number of nitrogens with zero attached hydrogens (tertiary/aromatic N) is 1. The lowest BCUT2D eigenvalue weighted by Gasteiger charge is -2.03. The minimum absolute atomic E-state index is 0.0452. The average Bonchev–Trinajstić information content (AvgIpc) is 2.84. The molecule has 0 spiro atoms. The molecule has 0 fully saturated rings. The van der Waals surface area contributed by atoms with Gasteiger partial charge in [-0.05, 0) is 38.3 Å². The highest BCUT2D eigenvalue weighted by atomic mass is 32.1. The molecule has 3 nitrogen and oxygen atoms in total. The van der Waals surface area contributed by atoms with Crippen LogP contribution in [0.25, 0.3) is 10.2 Å². The number of para-hydroxylation sites is 1. The van der Waals surface area contributed by atoms with Crippen molar-refractivity contribution in [1.82, 2.24) is 10.3 Å². The molecule has 0 unspecified atom stereocenters. The Balaban J connectivity index is 1.66. The summed E-state index contributed by atoms with van der Waals surface area (Å²) in [5, 5.41) is 4.06. The minimum Gasteiger partial charge on any atom is -0.352 e. The van der Waals surface area contributed by atoms with Crippen molar-refractivity contribution >= 4 is 27.5 Å². The van der Waals surface area contributed by atoms with Gasteiger partial charge in [0.1, 0.15) is 0 Å². The fourth-order valence-electron chi connectivity index (χ4n) is 1.96. The first-order valence-corrected chi connectivity index (χ1v) is 7.76. The number of carbonyl (C=O) groups excluding carboxylic acids is 1. The van der Waals surface area contributed by atoms with Crippen molar-refractivity contribution in [3.05, 3.63) is 41.4 Å². The fraction of sp³-hybridized carbons (Fsp3) is 0.375. The van der Waals surface area contributed by atoms with Crippen molar-refractivity contribution in [1.29, 1.82) is 0 Å². The summed E-state index contributed by atoms with van der Waals surface area (Å²) < 4.78 is 1.26. The molecule has 0 bridgehead atoms. The van der Waals surface area contributed by atoms with Crippen molar-refractivity contribution < 1.29 is 4.79 Å². The zero-order valence-electron chi connectivity index (χ0n) is 11.8. The van der Waals surface area contributed by atoms with Crippen LogP contribution in [-0.4, -0.2) is 17.4 Å². The Labute approximate surface area is 123 Å². The lowest BCUT2D eigenvalue weighted by molar-refractivity contribution is -0.117. The van der Waals surface area contributed by atoms with Crippen LogP contribution >= 0.6 is 11.3 Å². The van der Waals surface area contributed by atoms with E-state index < -0.39 is 0 Å². The van der Waals surface area contributed by atoms with Gasteiger partial charge in [0.25, 0.3) is 0 Å². The molecule has 0 aliphatic rings. The number of aromatic nitrogens is 1. The second-order valence-corrected chi connectivity index (χ2v) is 6.04. The van der Waals surface area contributed by atoms with E-state index in [9.17, 15) is 4.79 Å². The molecule has 20 heavy (non-hydrogen) atoms. The molecule has 0 saturated carbocycles. The van der Waals surface area contributed by atoms with Crippen LogP contribution in [0.1, 0.15) is 31.2 Å². The van der Waals surface area contributed by atoms with Crippen LogP contribution < -0.4 is 5.32 Å². The Morgan fingerprint density at radius 3 is 2.85 bits per heavy atom. The van der Waals surface area contributed by atoms with Crippen molar-refractivity contribution in [2.75, 3.05) is 6.54 Å². The number of hydrogen-bond acceptors (Lipinski definition) is 3. The van der Waals surface area contributed by atoms with Crippen LogP contribution in [0.5, 0.6) is 0 Å². The normalized spacial score (nSPS) is 10.7. The van der Waals surface area contributed by atoms with Gasteiger partial charge in [-0.2, -0.15) is 0 Å². The van der Waals surface area contributed by atoms with E-state index in [-0.39, 0.29) is 5.91 Å². The first-order valence-electron chi connectivity index (χ1n) is 6.95. The Hall–Kier alpha value is -1.68. The summed E-state index contributed by atoms with van der Waals surface area (Å²) in [6, 6.07) is 8.25. The summed E-state index contributed by atoms with van der Waals surface area (Å²) in [5.74, 6) is -0.0452. The number of unbranched alkanes of at least 4 members (excludes halogenated alkanes) is 2. The number of benzene rings is 1. The predicted octanol–water partition coefficient (Wildman–Crippen LogP) is 3.70. The molecule has 106 valence electrons. The summed E-state index contributed by atoms with van der Waals surface area (Å²) in [6.07, 6.45) is 4.24. The molecule has 1 aromatic carbocycles. The van der Waals surface area contributed by atoms with Crippen LogP contribution in [-0.2, 0) is 11.2 Å². The third-order valence-electron chi connectivity index (χ3n) is 3.08. The number of thiazole rings is 1. The second-order valence-electron chi connectivity index (χ2n) is 4.92. The number of fused-ring (bicyclic) bond motifs is 1. The molecule has 1 amide bonds. The van der Waals surface area contributed by atoms with Crippen molar-refractivity contribution in [3.63, 3.8) is 0 Å². The highest BCUT2D eigenvalue weighted by Crippen LogP contribution is 2.22. The molecule has 1 N–H and O–H groups in total. The first kappa shape index (κ1) is 14.7. The Bertz CT molecular complexity index is 570. The smallest absolute Gasteiger partial charge is 0.246 e. The number of rotatable bonds is 7. The van der Waals surface area contributed by atoms with Crippen LogP contribution in [0.15, 0.2) is 36.4 Å². The number of hydrogen-bond donors (Lipinski definition) is 1. The fourth-order valence-corrected chi connectivity index (χ4v) is 2.97. The molecule has 0 saturated heterocycles. The third-order valence-corrected chi connectivity index (χ3v) is 4.17. The molecule has 2 aromatic rings. The minimum atomic E-state index is -0.0452. The van der Waals surface area contributed by atoms with Gasteiger partial charge < -0.3 is 5.32 Å². The molecular weight excluding hydrogens is 268 g/mol. The quantitative estimate of drug-likeness (QED) is 0.623. The van der Waals surface area contributed by atoms with Crippen LogP contribution in [0.3, 0.4) is 0 Å².